The molecule has 1 fully saturated rings. The third kappa shape index (κ3) is 0.692. The van der Waals surface area contributed by atoms with Gasteiger partial charge in [-0.15, -0.1) is 0 Å². The molecule has 16 heavy (non-hydrogen) atoms. The number of allylic oxidation sites excluding steroid dienone is 1. The highest BCUT2D eigenvalue weighted by molar-refractivity contribution is 6.11. The number of rotatable bonds is 0. The van der Waals surface area contributed by atoms with Gasteiger partial charge in [0.05, 0.1) is 6.42 Å². The Morgan fingerprint density at radius 2 is 1.94 bits per heavy atom. The molecule has 3 nitrogen and oxygen atoms in total. The van der Waals surface area contributed by atoms with Crippen LogP contribution in [0.3, 0.4) is 0 Å². The number of ether oxygens (including phenoxy) is 1. The summed E-state index contributed by atoms with van der Waals surface area (Å²) in [4.78, 5) is 24.0. The maximum atomic E-state index is 12.4. The molecule has 1 aliphatic heterocycles. The van der Waals surface area contributed by atoms with Gasteiger partial charge >= 0.3 is 5.97 Å². The monoisotopic (exact) mass is 218 g/mol. The van der Waals surface area contributed by atoms with Crippen LogP contribution in [0.1, 0.15) is 33.6 Å². The first kappa shape index (κ1) is 9.82. The van der Waals surface area contributed by atoms with Crippen LogP contribution in [0.25, 0.3) is 0 Å². The van der Waals surface area contributed by atoms with E-state index in [4.69, 9.17) is 4.74 Å². The topological polar surface area (TPSA) is 43.4 Å². The second-order valence-electron chi connectivity index (χ2n) is 5.05. The maximum Gasteiger partial charge on any atom is 0.308 e. The van der Waals surface area contributed by atoms with Crippen molar-refractivity contribution in [3.05, 3.63) is 22.8 Å². The van der Waals surface area contributed by atoms with E-state index in [0.717, 1.165) is 16.7 Å². The molecule has 1 saturated heterocycles. The van der Waals surface area contributed by atoms with Gasteiger partial charge in [-0.2, -0.15) is 0 Å². The van der Waals surface area contributed by atoms with Crippen molar-refractivity contribution in [3.63, 3.8) is 0 Å². The van der Waals surface area contributed by atoms with Gasteiger partial charge in [0.25, 0.3) is 0 Å². The first-order chi connectivity index (χ1) is 7.45. The molecule has 0 N–H and O–H groups in total. The van der Waals surface area contributed by atoms with E-state index < -0.39 is 11.0 Å². The summed E-state index contributed by atoms with van der Waals surface area (Å²) in [6.07, 6.45) is 2.91. The van der Waals surface area contributed by atoms with Gasteiger partial charge in [-0.3, -0.25) is 9.59 Å². The molecule has 2 aliphatic carbocycles. The number of Topliss-reactive ketones (excluding diaryl/α,β-unsaturated/α-hetero) is 1. The molecular formula is C13H14O3. The van der Waals surface area contributed by atoms with Crippen LogP contribution in [0, 0.1) is 5.41 Å². The van der Waals surface area contributed by atoms with Crippen LogP contribution in [0.5, 0.6) is 0 Å². The zero-order valence-electron chi connectivity index (χ0n) is 9.72. The Labute approximate surface area is 94.2 Å². The van der Waals surface area contributed by atoms with Crippen molar-refractivity contribution in [1.82, 2.24) is 0 Å². The molecule has 3 heteroatoms. The summed E-state index contributed by atoms with van der Waals surface area (Å²) >= 11 is 0. The van der Waals surface area contributed by atoms with Crippen molar-refractivity contribution < 1.29 is 14.3 Å². The normalized spacial score (nSPS) is 41.1. The van der Waals surface area contributed by atoms with E-state index in [1.807, 2.05) is 26.8 Å². The van der Waals surface area contributed by atoms with E-state index in [9.17, 15) is 9.59 Å². The Morgan fingerprint density at radius 1 is 1.25 bits per heavy atom. The van der Waals surface area contributed by atoms with Crippen molar-refractivity contribution in [2.75, 3.05) is 0 Å². The lowest BCUT2D eigenvalue weighted by atomic mass is 9.69. The zero-order chi connectivity index (χ0) is 11.7. The lowest BCUT2D eigenvalue weighted by Crippen LogP contribution is -2.43. The van der Waals surface area contributed by atoms with E-state index >= 15 is 0 Å². The summed E-state index contributed by atoms with van der Waals surface area (Å²) in [7, 11) is 0. The minimum Gasteiger partial charge on any atom is -0.453 e. The molecule has 0 bridgehead atoms. The van der Waals surface area contributed by atoms with Crippen LogP contribution in [0.15, 0.2) is 22.8 Å². The standard InChI is InChI=1S/C13H14O3/c1-7-4-5-13-9(3)8(2)11(15)12(7,13)6-10(14)16-13/h4H,5-6H2,1-3H3/t12-,13-/m0/s1. The molecule has 1 heterocycles. The molecule has 0 saturated carbocycles. The summed E-state index contributed by atoms with van der Waals surface area (Å²) in [5.74, 6) is -0.158. The summed E-state index contributed by atoms with van der Waals surface area (Å²) in [6.45, 7) is 5.69. The Hall–Kier alpha value is -1.38. The second kappa shape index (κ2) is 2.47. The minimum atomic E-state index is -0.696. The van der Waals surface area contributed by atoms with Gasteiger partial charge in [0, 0.05) is 6.42 Å². The summed E-state index contributed by atoms with van der Waals surface area (Å²) < 4.78 is 5.54. The van der Waals surface area contributed by atoms with Crippen LogP contribution >= 0.6 is 0 Å². The smallest absolute Gasteiger partial charge is 0.308 e. The molecule has 0 spiro atoms. The average Bonchev–Trinajstić information content (AvgIpc) is 2.74. The highest BCUT2D eigenvalue weighted by Crippen LogP contribution is 2.64. The molecule has 0 aromatic rings. The predicted molar refractivity (Wildman–Crippen MR) is 57.6 cm³/mol. The summed E-state index contributed by atoms with van der Waals surface area (Å²) in [5, 5.41) is 0. The Balaban J connectivity index is 2.31. The van der Waals surface area contributed by atoms with Crippen molar-refractivity contribution in [3.8, 4) is 0 Å². The third-order valence-electron chi connectivity index (χ3n) is 4.65. The van der Waals surface area contributed by atoms with Gasteiger partial charge in [-0.25, -0.2) is 0 Å². The molecule has 0 amide bonds. The van der Waals surface area contributed by atoms with Gasteiger partial charge < -0.3 is 4.74 Å². The van der Waals surface area contributed by atoms with E-state index in [0.29, 0.717) is 6.42 Å². The SMILES string of the molecule is CC1=CC[C@@]23OC(=O)C[C@@]12C(=O)C(C)=C3C. The van der Waals surface area contributed by atoms with Crippen molar-refractivity contribution in [2.45, 2.75) is 39.2 Å². The highest BCUT2D eigenvalue weighted by atomic mass is 16.6. The molecule has 0 aromatic heterocycles. The molecule has 3 aliphatic rings. The van der Waals surface area contributed by atoms with Crippen LogP contribution in [-0.4, -0.2) is 17.4 Å². The molecule has 0 aromatic carbocycles. The fourth-order valence-corrected chi connectivity index (χ4v) is 3.61. The van der Waals surface area contributed by atoms with Crippen LogP contribution in [0.4, 0.5) is 0 Å². The Bertz CT molecular complexity index is 497. The summed E-state index contributed by atoms with van der Waals surface area (Å²) in [5.41, 5.74) is 1.35. The Morgan fingerprint density at radius 3 is 2.56 bits per heavy atom. The number of ketones is 1. The summed E-state index contributed by atoms with van der Waals surface area (Å²) in [6, 6.07) is 0. The Kier molecular flexibility index (Phi) is 1.52. The van der Waals surface area contributed by atoms with Crippen LogP contribution in [0.2, 0.25) is 0 Å². The molecule has 0 unspecified atom stereocenters. The maximum absolute atomic E-state index is 12.4. The number of esters is 1. The molecule has 3 rings (SSSR count). The van der Waals surface area contributed by atoms with Crippen molar-refractivity contribution >= 4 is 11.8 Å². The van der Waals surface area contributed by atoms with Crippen LogP contribution < -0.4 is 0 Å². The van der Waals surface area contributed by atoms with Gasteiger partial charge in [-0.05, 0) is 31.9 Å². The zero-order valence-corrected chi connectivity index (χ0v) is 9.72. The van der Waals surface area contributed by atoms with Gasteiger partial charge in [0.1, 0.15) is 5.41 Å². The fourth-order valence-electron chi connectivity index (χ4n) is 3.61. The molecule has 84 valence electrons. The van der Waals surface area contributed by atoms with Crippen LogP contribution in [-0.2, 0) is 14.3 Å². The predicted octanol–water partition coefficient (Wildman–Crippen LogP) is 1.93. The van der Waals surface area contributed by atoms with Crippen molar-refractivity contribution in [2.24, 2.45) is 5.41 Å². The van der Waals surface area contributed by atoms with E-state index in [2.05, 4.69) is 0 Å². The lowest BCUT2D eigenvalue weighted by Gasteiger charge is -2.33. The third-order valence-corrected chi connectivity index (χ3v) is 4.65. The van der Waals surface area contributed by atoms with E-state index in [-0.39, 0.29) is 18.2 Å². The van der Waals surface area contributed by atoms with Crippen molar-refractivity contribution in [1.29, 1.82) is 0 Å². The number of carbonyl (C=O) groups is 2. The van der Waals surface area contributed by atoms with E-state index in [1.165, 1.54) is 0 Å². The lowest BCUT2D eigenvalue weighted by molar-refractivity contribution is -0.146. The van der Waals surface area contributed by atoms with E-state index in [1.54, 1.807) is 0 Å². The molecular weight excluding hydrogens is 204 g/mol. The largest absolute Gasteiger partial charge is 0.453 e. The number of hydrogen-bond acceptors (Lipinski definition) is 3. The average molecular weight is 218 g/mol. The molecule has 2 atom stereocenters. The minimum absolute atomic E-state index is 0.0853. The first-order valence-corrected chi connectivity index (χ1v) is 5.57. The van der Waals surface area contributed by atoms with Gasteiger partial charge in [0.2, 0.25) is 0 Å². The van der Waals surface area contributed by atoms with Gasteiger partial charge in [0.15, 0.2) is 11.4 Å². The first-order valence-electron chi connectivity index (χ1n) is 5.57. The fraction of sp³-hybridized carbons (Fsp3) is 0.538. The number of hydrogen-bond donors (Lipinski definition) is 0. The number of carbonyl (C=O) groups excluding carboxylic acids is 2. The highest BCUT2D eigenvalue weighted by Gasteiger charge is 2.71. The molecule has 0 radical (unpaired) electrons. The second-order valence-corrected chi connectivity index (χ2v) is 5.05. The quantitative estimate of drug-likeness (QED) is 0.461. The van der Waals surface area contributed by atoms with Gasteiger partial charge in [-0.1, -0.05) is 11.6 Å².